The summed E-state index contributed by atoms with van der Waals surface area (Å²) in [5.74, 6) is 1.32. The maximum atomic E-state index is 12.4. The molecule has 0 atom stereocenters. The summed E-state index contributed by atoms with van der Waals surface area (Å²) in [5, 5.41) is 0. The van der Waals surface area contributed by atoms with Crippen LogP contribution in [0.5, 0.6) is 11.5 Å². The van der Waals surface area contributed by atoms with Gasteiger partial charge in [-0.2, -0.15) is 4.31 Å². The lowest BCUT2D eigenvalue weighted by Crippen LogP contribution is -2.27. The lowest BCUT2D eigenvalue weighted by molar-refractivity contribution is 0.475. The van der Waals surface area contributed by atoms with Crippen molar-refractivity contribution in [2.75, 3.05) is 13.1 Å². The molecule has 2 aromatic rings. The number of benzene rings is 2. The predicted molar refractivity (Wildman–Crippen MR) is 88.7 cm³/mol. The first-order valence-corrected chi connectivity index (χ1v) is 9.33. The molecule has 0 aliphatic carbocycles. The van der Waals surface area contributed by atoms with Gasteiger partial charge in [-0.3, -0.25) is 0 Å². The van der Waals surface area contributed by atoms with Crippen molar-refractivity contribution in [2.24, 2.45) is 0 Å². The number of hydrogen-bond donors (Lipinski definition) is 0. The van der Waals surface area contributed by atoms with Crippen LogP contribution in [0.3, 0.4) is 0 Å². The molecule has 1 saturated heterocycles. The second-order valence-electron chi connectivity index (χ2n) is 5.14. The van der Waals surface area contributed by atoms with E-state index in [1.54, 1.807) is 24.3 Å². The topological polar surface area (TPSA) is 46.6 Å². The Morgan fingerprint density at radius 2 is 1.36 bits per heavy atom. The van der Waals surface area contributed by atoms with E-state index in [9.17, 15) is 8.42 Å². The molecule has 0 radical (unpaired) electrons. The van der Waals surface area contributed by atoms with Crippen molar-refractivity contribution in [3.05, 3.63) is 53.0 Å². The van der Waals surface area contributed by atoms with E-state index < -0.39 is 10.0 Å². The van der Waals surface area contributed by atoms with Crippen LogP contribution in [0.2, 0.25) is 0 Å². The van der Waals surface area contributed by atoms with Crippen LogP contribution in [-0.4, -0.2) is 25.8 Å². The van der Waals surface area contributed by atoms with Gasteiger partial charge in [-0.15, -0.1) is 0 Å². The Balaban J connectivity index is 1.76. The van der Waals surface area contributed by atoms with E-state index in [0.29, 0.717) is 29.5 Å². The molecule has 1 aliphatic rings. The van der Waals surface area contributed by atoms with Gasteiger partial charge in [0.25, 0.3) is 0 Å². The molecule has 1 fully saturated rings. The second-order valence-corrected chi connectivity index (χ2v) is 7.99. The standard InChI is InChI=1S/C16H16BrNO3S/c17-13-3-5-14(6-4-13)21-15-7-9-16(10-8-15)22(19,20)18-11-1-2-12-18/h3-10H,1-2,11-12H2. The molecule has 6 heteroatoms. The van der Waals surface area contributed by atoms with E-state index in [-0.39, 0.29) is 0 Å². The molecule has 0 N–H and O–H groups in total. The number of ether oxygens (including phenoxy) is 1. The molecule has 4 nitrogen and oxygen atoms in total. The molecule has 0 saturated carbocycles. The van der Waals surface area contributed by atoms with Crippen molar-refractivity contribution in [2.45, 2.75) is 17.7 Å². The van der Waals surface area contributed by atoms with Crippen LogP contribution in [0.25, 0.3) is 0 Å². The molecule has 0 bridgehead atoms. The average molecular weight is 382 g/mol. The fraction of sp³-hybridized carbons (Fsp3) is 0.250. The largest absolute Gasteiger partial charge is 0.457 e. The molecule has 0 aromatic heterocycles. The highest BCUT2D eigenvalue weighted by atomic mass is 79.9. The van der Waals surface area contributed by atoms with Crippen LogP contribution in [-0.2, 0) is 10.0 Å². The normalized spacial score (nSPS) is 15.9. The zero-order valence-corrected chi connectivity index (χ0v) is 14.3. The highest BCUT2D eigenvalue weighted by Crippen LogP contribution is 2.26. The van der Waals surface area contributed by atoms with E-state index in [2.05, 4.69) is 15.9 Å². The van der Waals surface area contributed by atoms with E-state index in [1.165, 1.54) is 4.31 Å². The summed E-state index contributed by atoms with van der Waals surface area (Å²) < 4.78 is 33.1. The van der Waals surface area contributed by atoms with Crippen molar-refractivity contribution >= 4 is 26.0 Å². The summed E-state index contributed by atoms with van der Waals surface area (Å²) in [6.07, 6.45) is 1.87. The first-order valence-electron chi connectivity index (χ1n) is 7.09. The molecule has 22 heavy (non-hydrogen) atoms. The third-order valence-electron chi connectivity index (χ3n) is 3.58. The highest BCUT2D eigenvalue weighted by Gasteiger charge is 2.26. The summed E-state index contributed by atoms with van der Waals surface area (Å²) >= 11 is 3.37. The quantitative estimate of drug-likeness (QED) is 0.802. The number of rotatable bonds is 4. The lowest BCUT2D eigenvalue weighted by atomic mass is 10.3. The summed E-state index contributed by atoms with van der Waals surface area (Å²) in [5.41, 5.74) is 0. The average Bonchev–Trinajstić information content (AvgIpc) is 3.05. The third-order valence-corrected chi connectivity index (χ3v) is 6.02. The van der Waals surface area contributed by atoms with Crippen LogP contribution in [0.1, 0.15) is 12.8 Å². The van der Waals surface area contributed by atoms with Gasteiger partial charge in [0.05, 0.1) is 4.90 Å². The lowest BCUT2D eigenvalue weighted by Gasteiger charge is -2.15. The fourth-order valence-electron chi connectivity index (χ4n) is 2.40. The van der Waals surface area contributed by atoms with E-state index in [0.717, 1.165) is 17.3 Å². The molecular formula is C16H16BrNO3S. The summed E-state index contributed by atoms with van der Waals surface area (Å²) in [6, 6.07) is 14.0. The van der Waals surface area contributed by atoms with Gasteiger partial charge in [0.15, 0.2) is 0 Å². The van der Waals surface area contributed by atoms with Gasteiger partial charge in [-0.1, -0.05) is 15.9 Å². The molecular weight excluding hydrogens is 366 g/mol. The number of nitrogens with zero attached hydrogens (tertiary/aromatic N) is 1. The first kappa shape index (κ1) is 15.5. The van der Waals surface area contributed by atoms with Crippen LogP contribution in [0.15, 0.2) is 57.9 Å². The first-order chi connectivity index (χ1) is 10.6. The molecule has 0 unspecified atom stereocenters. The number of hydrogen-bond acceptors (Lipinski definition) is 3. The minimum atomic E-state index is -3.36. The zero-order valence-electron chi connectivity index (χ0n) is 11.9. The second kappa shape index (κ2) is 6.40. The Hall–Kier alpha value is -1.37. The Morgan fingerprint density at radius 3 is 1.91 bits per heavy atom. The summed E-state index contributed by atoms with van der Waals surface area (Å²) in [4.78, 5) is 0.317. The SMILES string of the molecule is O=S(=O)(c1ccc(Oc2ccc(Br)cc2)cc1)N1CCCC1. The van der Waals surface area contributed by atoms with Gasteiger partial charge < -0.3 is 4.74 Å². The van der Waals surface area contributed by atoms with Crippen molar-refractivity contribution in [3.63, 3.8) is 0 Å². The van der Waals surface area contributed by atoms with Gasteiger partial charge in [0, 0.05) is 17.6 Å². The van der Waals surface area contributed by atoms with Gasteiger partial charge in [-0.25, -0.2) is 8.42 Å². The Kier molecular flexibility index (Phi) is 4.52. The third kappa shape index (κ3) is 3.34. The van der Waals surface area contributed by atoms with Gasteiger partial charge in [-0.05, 0) is 61.4 Å². The summed E-state index contributed by atoms with van der Waals surface area (Å²) in [6.45, 7) is 1.22. The molecule has 116 valence electrons. The zero-order chi connectivity index (χ0) is 15.6. The minimum Gasteiger partial charge on any atom is -0.457 e. The molecule has 1 heterocycles. The number of halogens is 1. The van der Waals surface area contributed by atoms with E-state index in [1.807, 2.05) is 24.3 Å². The maximum absolute atomic E-state index is 12.4. The van der Waals surface area contributed by atoms with E-state index >= 15 is 0 Å². The van der Waals surface area contributed by atoms with Crippen molar-refractivity contribution in [3.8, 4) is 11.5 Å². The summed E-state index contributed by atoms with van der Waals surface area (Å²) in [7, 11) is -3.36. The minimum absolute atomic E-state index is 0.317. The smallest absolute Gasteiger partial charge is 0.243 e. The monoisotopic (exact) mass is 381 g/mol. The van der Waals surface area contributed by atoms with E-state index in [4.69, 9.17) is 4.74 Å². The molecule has 0 spiro atoms. The molecule has 1 aliphatic heterocycles. The van der Waals surface area contributed by atoms with Crippen molar-refractivity contribution in [1.82, 2.24) is 4.31 Å². The molecule has 2 aromatic carbocycles. The van der Waals surface area contributed by atoms with Crippen LogP contribution >= 0.6 is 15.9 Å². The van der Waals surface area contributed by atoms with Gasteiger partial charge >= 0.3 is 0 Å². The molecule has 0 amide bonds. The van der Waals surface area contributed by atoms with Crippen molar-refractivity contribution in [1.29, 1.82) is 0 Å². The fourth-order valence-corrected chi connectivity index (χ4v) is 4.18. The van der Waals surface area contributed by atoms with Crippen molar-refractivity contribution < 1.29 is 13.2 Å². The predicted octanol–water partition coefficient (Wildman–Crippen LogP) is 4.03. The number of sulfonamides is 1. The van der Waals surface area contributed by atoms with Crippen LogP contribution in [0.4, 0.5) is 0 Å². The van der Waals surface area contributed by atoms with Crippen LogP contribution in [0, 0.1) is 0 Å². The Morgan fingerprint density at radius 1 is 0.864 bits per heavy atom. The highest BCUT2D eigenvalue weighted by molar-refractivity contribution is 9.10. The molecule has 3 rings (SSSR count). The van der Waals surface area contributed by atoms with Crippen LogP contribution < -0.4 is 4.74 Å². The Bertz CT molecular complexity index is 736. The van der Waals surface area contributed by atoms with Gasteiger partial charge in [0.2, 0.25) is 10.0 Å². The van der Waals surface area contributed by atoms with Gasteiger partial charge in [0.1, 0.15) is 11.5 Å². The Labute approximate surface area is 138 Å². The maximum Gasteiger partial charge on any atom is 0.243 e.